The van der Waals surface area contributed by atoms with Crippen molar-refractivity contribution in [2.45, 2.75) is 62.0 Å². The number of fused-ring (bicyclic) bond motifs is 2. The third kappa shape index (κ3) is 5.19. The Hall–Kier alpha value is -2.88. The molecule has 2 bridgehead atoms. The molecule has 2 N–H and O–H groups in total. The molecule has 0 amide bonds. The van der Waals surface area contributed by atoms with E-state index < -0.39 is 47.8 Å². The molecule has 0 spiro atoms. The van der Waals surface area contributed by atoms with Gasteiger partial charge >= 0.3 is 12.4 Å². The third-order valence-electron chi connectivity index (χ3n) is 7.74. The Kier molecular flexibility index (Phi) is 7.04. The first-order valence-electron chi connectivity index (χ1n) is 12.4. The number of piperidine rings is 1. The van der Waals surface area contributed by atoms with Crippen LogP contribution in [-0.4, -0.2) is 17.3 Å². The Morgan fingerprint density at radius 3 is 2.00 bits per heavy atom. The van der Waals surface area contributed by atoms with Crippen LogP contribution in [0.1, 0.15) is 53.2 Å². The molecule has 2 heterocycles. The fourth-order valence-electron chi connectivity index (χ4n) is 5.98. The van der Waals surface area contributed by atoms with E-state index in [4.69, 9.17) is 4.74 Å². The lowest BCUT2D eigenvalue weighted by atomic mass is 9.79. The molecule has 3 nitrogen and oxygen atoms in total. The summed E-state index contributed by atoms with van der Waals surface area (Å²) in [6, 6.07) is 20.3. The predicted octanol–water partition coefficient (Wildman–Crippen LogP) is 7.01. The van der Waals surface area contributed by atoms with E-state index >= 15 is 0 Å². The minimum atomic E-state index is -4.92. The van der Waals surface area contributed by atoms with Gasteiger partial charge in [-0.25, -0.2) is 0 Å². The van der Waals surface area contributed by atoms with Crippen LogP contribution in [0.25, 0.3) is 0 Å². The monoisotopic (exact) mass is 535 g/mol. The molecule has 3 aromatic rings. The largest absolute Gasteiger partial charge is 0.416 e. The normalized spacial score (nSPS) is 26.3. The van der Waals surface area contributed by atoms with E-state index in [1.807, 2.05) is 60.7 Å². The molecule has 2 fully saturated rings. The fraction of sp³-hybridized carbons (Fsp3) is 0.379. The van der Waals surface area contributed by atoms with Gasteiger partial charge in [-0.15, -0.1) is 0 Å². The van der Waals surface area contributed by atoms with Crippen LogP contribution in [0.15, 0.2) is 78.9 Å². The first-order valence-corrected chi connectivity index (χ1v) is 12.4. The molecular weight excluding hydrogens is 508 g/mol. The van der Waals surface area contributed by atoms with Crippen molar-refractivity contribution in [3.63, 3.8) is 0 Å². The van der Waals surface area contributed by atoms with Crippen LogP contribution in [0.5, 0.6) is 0 Å². The quantitative estimate of drug-likeness (QED) is 0.334. The van der Waals surface area contributed by atoms with Crippen LogP contribution in [-0.2, 0) is 29.2 Å². The zero-order valence-corrected chi connectivity index (χ0v) is 20.3. The van der Waals surface area contributed by atoms with E-state index in [0.717, 1.165) is 11.1 Å². The molecular formula is C29H27F6NO2. The lowest BCUT2D eigenvalue weighted by Gasteiger charge is -2.42. The highest BCUT2D eigenvalue weighted by Gasteiger charge is 2.56. The van der Waals surface area contributed by atoms with E-state index in [-0.39, 0.29) is 23.6 Å². The van der Waals surface area contributed by atoms with Crippen LogP contribution in [0, 0.1) is 5.92 Å². The number of aliphatic hydroxyl groups is 1. The Morgan fingerprint density at radius 2 is 1.42 bits per heavy atom. The lowest BCUT2D eigenvalue weighted by molar-refractivity contribution is -0.143. The first-order chi connectivity index (χ1) is 18.0. The number of hydrogen-bond acceptors (Lipinski definition) is 3. The fourth-order valence-corrected chi connectivity index (χ4v) is 5.98. The Balaban J connectivity index is 1.44. The SMILES string of the molecule is OC(c1ccccc1)[C@@H]1C[C@]2(c3ccccc3)N[C@H]1CC[C@H]2OCc1cc(C(F)(F)F)cc(C(F)(F)F)c1. The number of halogens is 6. The van der Waals surface area contributed by atoms with Crippen molar-refractivity contribution in [2.75, 3.05) is 0 Å². The number of hydrogen-bond donors (Lipinski definition) is 2. The molecule has 0 radical (unpaired) electrons. The predicted molar refractivity (Wildman–Crippen MR) is 129 cm³/mol. The van der Waals surface area contributed by atoms with E-state index in [0.29, 0.717) is 31.4 Å². The van der Waals surface area contributed by atoms with Crippen molar-refractivity contribution in [1.29, 1.82) is 0 Å². The molecule has 3 aromatic carbocycles. The molecule has 2 aliphatic heterocycles. The van der Waals surface area contributed by atoms with Gasteiger partial charge in [-0.05, 0) is 54.2 Å². The molecule has 38 heavy (non-hydrogen) atoms. The van der Waals surface area contributed by atoms with Gasteiger partial charge in [0, 0.05) is 12.0 Å². The van der Waals surface area contributed by atoms with Gasteiger partial charge in [0.1, 0.15) is 0 Å². The van der Waals surface area contributed by atoms with Gasteiger partial charge in [0.2, 0.25) is 0 Å². The van der Waals surface area contributed by atoms with Crippen LogP contribution in [0.4, 0.5) is 26.3 Å². The smallest absolute Gasteiger partial charge is 0.388 e. The Morgan fingerprint density at radius 1 is 0.842 bits per heavy atom. The molecule has 0 aromatic heterocycles. The number of benzene rings is 3. The molecule has 2 saturated heterocycles. The number of alkyl halides is 6. The average Bonchev–Trinajstić information content (AvgIpc) is 3.21. The number of ether oxygens (including phenoxy) is 1. The summed E-state index contributed by atoms with van der Waals surface area (Å²) >= 11 is 0. The van der Waals surface area contributed by atoms with Crippen molar-refractivity contribution in [1.82, 2.24) is 5.32 Å². The summed E-state index contributed by atoms with van der Waals surface area (Å²) in [6.07, 6.45) is -9.44. The van der Waals surface area contributed by atoms with Crippen molar-refractivity contribution in [3.05, 3.63) is 107 Å². The second kappa shape index (κ2) is 10.0. The minimum Gasteiger partial charge on any atom is -0.388 e. The Bertz CT molecular complexity index is 1220. The lowest BCUT2D eigenvalue weighted by Crippen LogP contribution is -2.54. The van der Waals surface area contributed by atoms with Crippen molar-refractivity contribution < 1.29 is 36.2 Å². The van der Waals surface area contributed by atoms with Gasteiger partial charge in [0.25, 0.3) is 0 Å². The topological polar surface area (TPSA) is 41.5 Å². The number of rotatable bonds is 6. The van der Waals surface area contributed by atoms with Gasteiger partial charge in [0.15, 0.2) is 0 Å². The van der Waals surface area contributed by atoms with Crippen molar-refractivity contribution in [3.8, 4) is 0 Å². The maximum absolute atomic E-state index is 13.4. The zero-order chi connectivity index (χ0) is 27.1. The van der Waals surface area contributed by atoms with Crippen molar-refractivity contribution in [2.24, 2.45) is 5.92 Å². The third-order valence-corrected chi connectivity index (χ3v) is 7.74. The van der Waals surface area contributed by atoms with Gasteiger partial charge in [-0.3, -0.25) is 0 Å². The number of aliphatic hydroxyl groups excluding tert-OH is 1. The Labute approximate surface area is 216 Å². The molecule has 0 saturated carbocycles. The molecule has 1 unspecified atom stereocenters. The van der Waals surface area contributed by atoms with E-state index in [1.165, 1.54) is 0 Å². The van der Waals surface area contributed by atoms with Gasteiger partial charge in [-0.2, -0.15) is 26.3 Å². The maximum Gasteiger partial charge on any atom is 0.416 e. The minimum absolute atomic E-state index is 0.0318. The van der Waals surface area contributed by atoms with Crippen LogP contribution >= 0.6 is 0 Å². The summed E-state index contributed by atoms with van der Waals surface area (Å²) in [5, 5.41) is 14.9. The highest BCUT2D eigenvalue weighted by atomic mass is 19.4. The van der Waals surface area contributed by atoms with Crippen LogP contribution in [0.3, 0.4) is 0 Å². The average molecular weight is 536 g/mol. The molecule has 9 heteroatoms. The second-order valence-corrected chi connectivity index (χ2v) is 10.1. The first kappa shape index (κ1) is 26.7. The summed E-state index contributed by atoms with van der Waals surface area (Å²) in [5.41, 5.74) is -1.99. The summed E-state index contributed by atoms with van der Waals surface area (Å²) in [5.74, 6) is -0.156. The van der Waals surface area contributed by atoms with E-state index in [2.05, 4.69) is 5.32 Å². The standard InChI is InChI=1S/C29H27F6NO2/c30-28(31,32)21-13-18(14-22(15-21)29(33,34)35)17-38-25-12-11-24-23(26(37)19-7-3-1-4-8-19)16-27(25,36-24)20-9-5-2-6-10-20/h1-10,13-15,23-26,36-37H,11-12,16-17H2/t23-,24+,25-,26?,27-/m1/s1. The highest BCUT2D eigenvalue weighted by molar-refractivity contribution is 5.34. The van der Waals surface area contributed by atoms with Gasteiger partial charge in [0.05, 0.1) is 35.5 Å². The van der Waals surface area contributed by atoms with E-state index in [1.54, 1.807) is 0 Å². The van der Waals surface area contributed by atoms with Gasteiger partial charge in [-0.1, -0.05) is 60.7 Å². The molecule has 0 aliphatic carbocycles. The summed E-state index contributed by atoms with van der Waals surface area (Å²) in [7, 11) is 0. The van der Waals surface area contributed by atoms with E-state index in [9.17, 15) is 31.4 Å². The summed E-state index contributed by atoms with van der Waals surface area (Å²) < 4.78 is 86.3. The zero-order valence-electron chi connectivity index (χ0n) is 20.3. The highest BCUT2D eigenvalue weighted by Crippen LogP contribution is 2.51. The van der Waals surface area contributed by atoms with Crippen molar-refractivity contribution >= 4 is 0 Å². The molecule has 5 atom stereocenters. The summed E-state index contributed by atoms with van der Waals surface area (Å²) in [6.45, 7) is -0.412. The van der Waals surface area contributed by atoms with Crippen LogP contribution in [0.2, 0.25) is 0 Å². The maximum atomic E-state index is 13.4. The van der Waals surface area contributed by atoms with Gasteiger partial charge < -0.3 is 15.2 Å². The molecule has 202 valence electrons. The number of nitrogens with one attached hydrogen (secondary N) is 1. The second-order valence-electron chi connectivity index (χ2n) is 10.1. The van der Waals surface area contributed by atoms with Crippen LogP contribution < -0.4 is 5.32 Å². The molecule has 2 aliphatic rings. The summed E-state index contributed by atoms with van der Waals surface area (Å²) in [4.78, 5) is 0. The molecule has 5 rings (SSSR count).